The molecule has 10 heteroatoms. The Hall–Kier alpha value is -4.05. The van der Waals surface area contributed by atoms with Crippen molar-refractivity contribution in [3.63, 3.8) is 0 Å². The number of carbonyl (C=O) groups is 1. The van der Waals surface area contributed by atoms with Crippen molar-refractivity contribution in [1.82, 2.24) is 9.88 Å². The molecule has 0 saturated carbocycles. The zero-order valence-corrected chi connectivity index (χ0v) is 22.2. The molecule has 2 aromatic carbocycles. The SMILES string of the molecule is CCNC(=O)c1cc2c(-c3cc(NS(=O)(=O)CC)ccc3Oc3c(C)cccc3C)cn(C)c(=O)c2o1. The van der Waals surface area contributed by atoms with Gasteiger partial charge in [-0.1, -0.05) is 18.2 Å². The topological polar surface area (TPSA) is 120 Å². The summed E-state index contributed by atoms with van der Waals surface area (Å²) < 4.78 is 40.6. The summed E-state index contributed by atoms with van der Waals surface area (Å²) >= 11 is 0. The maximum Gasteiger partial charge on any atom is 0.293 e. The van der Waals surface area contributed by atoms with Gasteiger partial charge >= 0.3 is 0 Å². The minimum Gasteiger partial charge on any atom is -0.456 e. The number of hydrogen-bond acceptors (Lipinski definition) is 6. The molecule has 2 aromatic heterocycles. The van der Waals surface area contributed by atoms with Crippen molar-refractivity contribution >= 4 is 32.6 Å². The maximum absolute atomic E-state index is 12.9. The molecule has 0 aliphatic rings. The molecule has 0 aliphatic heterocycles. The van der Waals surface area contributed by atoms with Crippen LogP contribution < -0.4 is 20.3 Å². The molecule has 0 unspecified atom stereocenters. The van der Waals surface area contributed by atoms with E-state index in [1.54, 1.807) is 45.3 Å². The van der Waals surface area contributed by atoms with Gasteiger partial charge in [-0.05, 0) is 63.1 Å². The smallest absolute Gasteiger partial charge is 0.293 e. The zero-order valence-electron chi connectivity index (χ0n) is 21.3. The molecule has 37 heavy (non-hydrogen) atoms. The van der Waals surface area contributed by atoms with Gasteiger partial charge in [-0.15, -0.1) is 0 Å². The second-order valence-corrected chi connectivity index (χ2v) is 10.7. The van der Waals surface area contributed by atoms with E-state index in [1.165, 1.54) is 10.6 Å². The van der Waals surface area contributed by atoms with Crippen molar-refractivity contribution in [3.8, 4) is 22.6 Å². The van der Waals surface area contributed by atoms with Crippen LogP contribution in [0.2, 0.25) is 0 Å². The number of benzene rings is 2. The number of ether oxygens (including phenoxy) is 1. The van der Waals surface area contributed by atoms with Crippen molar-refractivity contribution in [3.05, 3.63) is 75.9 Å². The number of sulfonamides is 1. The Morgan fingerprint density at radius 1 is 1.05 bits per heavy atom. The van der Waals surface area contributed by atoms with Crippen LogP contribution in [0.25, 0.3) is 22.1 Å². The number of para-hydroxylation sites is 1. The average molecular weight is 524 g/mol. The van der Waals surface area contributed by atoms with E-state index in [9.17, 15) is 18.0 Å². The van der Waals surface area contributed by atoms with Crippen LogP contribution in [0.15, 0.2) is 57.9 Å². The third-order valence-corrected chi connectivity index (χ3v) is 7.27. The fraction of sp³-hybridized carbons (Fsp3) is 0.259. The van der Waals surface area contributed by atoms with Crippen LogP contribution in [0.1, 0.15) is 35.5 Å². The molecule has 4 aromatic rings. The Morgan fingerprint density at radius 3 is 2.41 bits per heavy atom. The van der Waals surface area contributed by atoms with Gasteiger partial charge in [0.2, 0.25) is 15.6 Å². The zero-order chi connectivity index (χ0) is 26.9. The lowest BCUT2D eigenvalue weighted by atomic mass is 10.0. The first-order valence-electron chi connectivity index (χ1n) is 11.8. The minimum atomic E-state index is -3.54. The molecule has 194 valence electrons. The quantitative estimate of drug-likeness (QED) is 0.345. The van der Waals surface area contributed by atoms with E-state index in [0.717, 1.165) is 11.1 Å². The van der Waals surface area contributed by atoms with Crippen LogP contribution >= 0.6 is 0 Å². The van der Waals surface area contributed by atoms with Crippen molar-refractivity contribution in [2.24, 2.45) is 7.05 Å². The van der Waals surface area contributed by atoms with E-state index >= 15 is 0 Å². The van der Waals surface area contributed by atoms with Crippen LogP contribution in [0, 0.1) is 13.8 Å². The van der Waals surface area contributed by atoms with E-state index in [1.807, 2.05) is 32.0 Å². The summed E-state index contributed by atoms with van der Waals surface area (Å²) in [5.74, 6) is 0.578. The average Bonchev–Trinajstić information content (AvgIpc) is 3.30. The molecule has 9 nitrogen and oxygen atoms in total. The fourth-order valence-corrected chi connectivity index (χ4v) is 4.65. The lowest BCUT2D eigenvalue weighted by Crippen LogP contribution is -2.22. The van der Waals surface area contributed by atoms with E-state index in [-0.39, 0.29) is 17.1 Å². The van der Waals surface area contributed by atoms with Crippen molar-refractivity contribution in [2.45, 2.75) is 27.7 Å². The molecule has 4 rings (SSSR count). The molecule has 1 amide bonds. The first-order valence-corrected chi connectivity index (χ1v) is 13.5. The predicted octanol–water partition coefficient (Wildman–Crippen LogP) is 4.72. The Balaban J connectivity index is 1.98. The molecule has 2 heterocycles. The first-order chi connectivity index (χ1) is 17.5. The van der Waals surface area contributed by atoms with Crippen LogP contribution in [0.4, 0.5) is 5.69 Å². The molecular weight excluding hydrogens is 494 g/mol. The molecule has 0 atom stereocenters. The minimum absolute atomic E-state index is 0.00135. The van der Waals surface area contributed by atoms with E-state index in [0.29, 0.717) is 40.2 Å². The highest BCUT2D eigenvalue weighted by Crippen LogP contribution is 2.40. The van der Waals surface area contributed by atoms with Crippen LogP contribution in [0.5, 0.6) is 11.5 Å². The van der Waals surface area contributed by atoms with Gasteiger partial charge in [0, 0.05) is 42.0 Å². The summed E-state index contributed by atoms with van der Waals surface area (Å²) in [5.41, 5.74) is 2.84. The lowest BCUT2D eigenvalue weighted by molar-refractivity contribution is 0.0930. The number of aromatic nitrogens is 1. The summed E-state index contributed by atoms with van der Waals surface area (Å²) in [6.07, 6.45) is 1.62. The Morgan fingerprint density at radius 2 is 1.76 bits per heavy atom. The molecule has 0 aliphatic carbocycles. The highest BCUT2D eigenvalue weighted by Gasteiger charge is 2.22. The van der Waals surface area contributed by atoms with Gasteiger partial charge in [0.25, 0.3) is 11.5 Å². The van der Waals surface area contributed by atoms with Crippen LogP contribution in [-0.2, 0) is 17.1 Å². The maximum atomic E-state index is 12.9. The third kappa shape index (κ3) is 5.24. The summed E-state index contributed by atoms with van der Waals surface area (Å²) in [6, 6.07) is 12.3. The number of anilines is 1. The standard InChI is InChI=1S/C27H29N3O6S/c1-6-28-26(31)23-14-20-21(15-30(5)27(32)25(20)36-23)19-13-18(29-37(33,34)7-2)11-12-22(19)35-24-16(3)9-8-10-17(24)4/h8-15,29H,6-7H2,1-5H3,(H,28,31). The predicted molar refractivity (Wildman–Crippen MR) is 144 cm³/mol. The highest BCUT2D eigenvalue weighted by molar-refractivity contribution is 7.92. The number of nitrogens with zero attached hydrogens (tertiary/aromatic N) is 1. The largest absolute Gasteiger partial charge is 0.456 e. The Kier molecular flexibility index (Phi) is 7.13. The number of aryl methyl sites for hydroxylation is 3. The fourth-order valence-electron chi connectivity index (χ4n) is 4.02. The van der Waals surface area contributed by atoms with Crippen molar-refractivity contribution in [1.29, 1.82) is 0 Å². The second-order valence-electron chi connectivity index (χ2n) is 8.71. The molecule has 2 N–H and O–H groups in total. The number of nitrogens with one attached hydrogen (secondary N) is 2. The van der Waals surface area contributed by atoms with Gasteiger partial charge in [0.05, 0.1) is 5.75 Å². The monoisotopic (exact) mass is 523 g/mol. The van der Waals surface area contributed by atoms with Crippen molar-refractivity contribution < 1.29 is 22.4 Å². The highest BCUT2D eigenvalue weighted by atomic mass is 32.2. The van der Waals surface area contributed by atoms with Gasteiger partial charge in [-0.2, -0.15) is 0 Å². The van der Waals surface area contributed by atoms with Gasteiger partial charge in [0.1, 0.15) is 11.5 Å². The number of hydrogen-bond donors (Lipinski definition) is 2. The van der Waals surface area contributed by atoms with Gasteiger partial charge < -0.3 is 19.0 Å². The van der Waals surface area contributed by atoms with Crippen molar-refractivity contribution in [2.75, 3.05) is 17.0 Å². The number of pyridine rings is 1. The van der Waals surface area contributed by atoms with Gasteiger partial charge in [-0.3, -0.25) is 14.3 Å². The van der Waals surface area contributed by atoms with Gasteiger partial charge in [0.15, 0.2) is 5.76 Å². The normalized spacial score (nSPS) is 11.5. The number of carbonyl (C=O) groups excluding carboxylic acids is 1. The van der Waals surface area contributed by atoms with Crippen LogP contribution in [-0.4, -0.2) is 31.2 Å². The van der Waals surface area contributed by atoms with E-state index < -0.39 is 21.5 Å². The lowest BCUT2D eigenvalue weighted by Gasteiger charge is -2.17. The number of amides is 1. The molecule has 0 radical (unpaired) electrons. The first kappa shape index (κ1) is 26.0. The third-order valence-electron chi connectivity index (χ3n) is 5.96. The number of furan rings is 1. The summed E-state index contributed by atoms with van der Waals surface area (Å²) in [7, 11) is -1.97. The molecule has 0 bridgehead atoms. The van der Waals surface area contributed by atoms with E-state index in [4.69, 9.17) is 9.15 Å². The van der Waals surface area contributed by atoms with E-state index in [2.05, 4.69) is 10.0 Å². The molecule has 0 spiro atoms. The summed E-state index contributed by atoms with van der Waals surface area (Å²) in [5, 5.41) is 3.08. The Labute approximate surface area is 215 Å². The Bertz CT molecular complexity index is 1650. The summed E-state index contributed by atoms with van der Waals surface area (Å²) in [6.45, 7) is 7.60. The number of rotatable bonds is 8. The summed E-state index contributed by atoms with van der Waals surface area (Å²) in [4.78, 5) is 25.3. The molecular formula is C27H29N3O6S. The van der Waals surface area contributed by atoms with Crippen LogP contribution in [0.3, 0.4) is 0 Å². The molecule has 0 fully saturated rings. The van der Waals surface area contributed by atoms with Gasteiger partial charge in [-0.25, -0.2) is 8.42 Å². The number of fused-ring (bicyclic) bond motifs is 1. The molecule has 0 saturated heterocycles. The second kappa shape index (κ2) is 10.1.